The van der Waals surface area contributed by atoms with E-state index in [0.717, 1.165) is 0 Å². The average molecular weight is 226 g/mol. The van der Waals surface area contributed by atoms with Crippen LogP contribution in [0.25, 0.3) is 0 Å². The largest absolute Gasteiger partial charge is 0.520 e. The highest BCUT2D eigenvalue weighted by Crippen LogP contribution is 2.13. The number of carbonyl (C=O) groups is 2. The van der Waals surface area contributed by atoms with Gasteiger partial charge in [-0.3, -0.25) is 4.79 Å². The lowest BCUT2D eigenvalue weighted by molar-refractivity contribution is -0.118. The fourth-order valence-electron chi connectivity index (χ4n) is 0.719. The fourth-order valence-corrected chi connectivity index (χ4v) is 0.719. The lowest BCUT2D eigenvalue weighted by Gasteiger charge is -2.19. The third-order valence-electron chi connectivity index (χ3n) is 1.85. The van der Waals surface area contributed by atoms with Crippen LogP contribution in [0.4, 0.5) is 4.79 Å². The summed E-state index contributed by atoms with van der Waals surface area (Å²) in [5, 5.41) is 0. The second kappa shape index (κ2) is 5.53. The number of rotatable bonds is 4. The maximum absolute atomic E-state index is 11.5. The van der Waals surface area contributed by atoms with Crippen LogP contribution in [0.5, 0.6) is 0 Å². The van der Waals surface area contributed by atoms with Crippen molar-refractivity contribution < 1.29 is 18.9 Å². The van der Waals surface area contributed by atoms with Crippen LogP contribution >= 0.6 is 0 Å². The lowest BCUT2D eigenvalue weighted by atomic mass is 9.63. The van der Waals surface area contributed by atoms with Crippen molar-refractivity contribution in [2.75, 3.05) is 0 Å². The predicted octanol–water partition coefficient (Wildman–Crippen LogP) is 1.21. The van der Waals surface area contributed by atoms with Crippen LogP contribution in [0.15, 0.2) is 0 Å². The Morgan fingerprint density at radius 2 is 1.50 bits per heavy atom. The second-order valence-corrected chi connectivity index (χ2v) is 5.74. The van der Waals surface area contributed by atoms with Crippen LogP contribution in [0, 0.1) is 5.41 Å². The van der Waals surface area contributed by atoms with Crippen molar-refractivity contribution in [2.45, 2.75) is 47.1 Å². The first-order chi connectivity index (χ1) is 7.02. The van der Waals surface area contributed by atoms with Crippen LogP contribution in [0.2, 0.25) is 0 Å². The lowest BCUT2D eigenvalue weighted by Crippen LogP contribution is -2.33. The minimum atomic E-state index is -0.538. The molecule has 0 aliphatic heterocycles. The first-order valence-corrected chi connectivity index (χ1v) is 5.35. The van der Waals surface area contributed by atoms with E-state index in [4.69, 9.17) is 9.31 Å². The normalized spacial score (nSPS) is 11.9. The molecule has 0 aromatic rings. The maximum Gasteiger partial charge on any atom is 0.508 e. The van der Waals surface area contributed by atoms with Crippen molar-refractivity contribution in [1.82, 2.24) is 0 Å². The Bertz CT molecular complexity index is 263. The molecule has 0 aliphatic carbocycles. The molecule has 0 aliphatic rings. The Morgan fingerprint density at radius 3 is 1.88 bits per heavy atom. The molecule has 0 spiro atoms. The van der Waals surface area contributed by atoms with Gasteiger partial charge in [0.25, 0.3) is 0 Å². The van der Waals surface area contributed by atoms with Crippen molar-refractivity contribution in [2.24, 2.45) is 5.41 Å². The zero-order chi connectivity index (χ0) is 13.0. The Labute approximate surface area is 98.6 Å². The molecule has 0 rings (SSSR count). The summed E-state index contributed by atoms with van der Waals surface area (Å²) in [4.78, 5) is 22.8. The van der Waals surface area contributed by atoms with Crippen molar-refractivity contribution in [3.8, 4) is 0 Å². The monoisotopic (exact) mass is 226 g/mol. The van der Waals surface area contributed by atoms with Gasteiger partial charge in [-0.1, -0.05) is 20.8 Å². The summed E-state index contributed by atoms with van der Waals surface area (Å²) in [5.41, 5.74) is -0.994. The average Bonchev–Trinajstić information content (AvgIpc) is 1.99. The minimum Gasteiger partial charge on any atom is -0.520 e. The van der Waals surface area contributed by atoms with E-state index >= 15 is 0 Å². The van der Waals surface area contributed by atoms with Gasteiger partial charge in [-0.15, -0.1) is 0 Å². The number of hydrogen-bond acceptors (Lipinski definition) is 4. The molecule has 0 aromatic heterocycles. The minimum absolute atomic E-state index is 0.111. The number of hydrogen-bond donors (Lipinski definition) is 0. The van der Waals surface area contributed by atoms with Gasteiger partial charge in [0.1, 0.15) is 5.68 Å². The molecule has 0 saturated heterocycles. The SMILES string of the molecule is CC(C)(C)OBOC(=O)BC(=O)C(C)(C)C. The van der Waals surface area contributed by atoms with Crippen molar-refractivity contribution in [3.63, 3.8) is 0 Å². The Hall–Kier alpha value is -0.770. The molecule has 6 heteroatoms. The van der Waals surface area contributed by atoms with Gasteiger partial charge in [0.15, 0.2) is 0 Å². The molecule has 0 amide bonds. The molecular formula is C10H20B2O4. The smallest absolute Gasteiger partial charge is 0.508 e. The predicted molar refractivity (Wildman–Crippen MR) is 66.1 cm³/mol. The number of carbonyl (C=O) groups excluding carboxylic acids is 2. The van der Waals surface area contributed by atoms with Crippen molar-refractivity contribution in [3.05, 3.63) is 0 Å². The first kappa shape index (κ1) is 15.2. The fraction of sp³-hybridized carbons (Fsp3) is 0.800. The molecule has 0 unspecified atom stereocenters. The highest BCUT2D eigenvalue weighted by Gasteiger charge is 2.26. The molecule has 16 heavy (non-hydrogen) atoms. The van der Waals surface area contributed by atoms with Gasteiger partial charge in [-0.25, -0.2) is 0 Å². The van der Waals surface area contributed by atoms with Gasteiger partial charge in [-0.05, 0) is 20.8 Å². The molecule has 0 atom stereocenters. The summed E-state index contributed by atoms with van der Waals surface area (Å²) in [5.74, 6) is -0.538. The van der Waals surface area contributed by atoms with Crippen LogP contribution in [-0.4, -0.2) is 32.1 Å². The topological polar surface area (TPSA) is 52.6 Å². The van der Waals surface area contributed by atoms with Crippen LogP contribution in [0.3, 0.4) is 0 Å². The van der Waals surface area contributed by atoms with E-state index in [0.29, 0.717) is 0 Å². The van der Waals surface area contributed by atoms with E-state index in [-0.39, 0.29) is 26.2 Å². The molecule has 4 nitrogen and oxygen atoms in total. The van der Waals surface area contributed by atoms with Gasteiger partial charge in [0.2, 0.25) is 5.87 Å². The molecule has 0 heterocycles. The summed E-state index contributed by atoms with van der Waals surface area (Å²) in [6, 6.07) is 0. The Balaban J connectivity index is 3.89. The van der Waals surface area contributed by atoms with Crippen molar-refractivity contribution >= 4 is 26.5 Å². The molecule has 0 N–H and O–H groups in total. The quantitative estimate of drug-likeness (QED) is 0.676. The molecule has 0 bridgehead atoms. The summed E-state index contributed by atoms with van der Waals surface area (Å²) in [7, 11) is -0.309. The zero-order valence-corrected chi connectivity index (χ0v) is 11.0. The molecule has 0 radical (unpaired) electrons. The van der Waals surface area contributed by atoms with Crippen LogP contribution in [0.1, 0.15) is 41.5 Å². The van der Waals surface area contributed by atoms with E-state index < -0.39 is 11.3 Å². The third-order valence-corrected chi connectivity index (χ3v) is 1.85. The van der Waals surface area contributed by atoms with E-state index in [9.17, 15) is 9.59 Å². The Kier molecular flexibility index (Phi) is 5.26. The van der Waals surface area contributed by atoms with Gasteiger partial charge in [0, 0.05) is 11.0 Å². The van der Waals surface area contributed by atoms with Gasteiger partial charge < -0.3 is 14.1 Å². The maximum atomic E-state index is 11.5. The van der Waals surface area contributed by atoms with Crippen molar-refractivity contribution in [1.29, 1.82) is 0 Å². The van der Waals surface area contributed by atoms with E-state index in [1.54, 1.807) is 20.8 Å². The van der Waals surface area contributed by atoms with E-state index in [2.05, 4.69) is 0 Å². The molecule has 0 aromatic carbocycles. The second-order valence-electron chi connectivity index (χ2n) is 5.74. The van der Waals surface area contributed by atoms with Gasteiger partial charge in [0.05, 0.1) is 0 Å². The highest BCUT2D eigenvalue weighted by atomic mass is 16.6. The summed E-state index contributed by atoms with van der Waals surface area (Å²) >= 11 is 0. The van der Waals surface area contributed by atoms with Gasteiger partial charge >= 0.3 is 15.0 Å². The molecule has 90 valence electrons. The first-order valence-electron chi connectivity index (χ1n) is 5.35. The van der Waals surface area contributed by atoms with Crippen LogP contribution < -0.4 is 0 Å². The molecular weight excluding hydrogens is 206 g/mol. The van der Waals surface area contributed by atoms with E-state index in [1.165, 1.54) is 0 Å². The standard InChI is InChI=1S/C10H20B2O4/c1-9(2,3)7(13)11-8(14)15-12-16-10(4,5)6/h11-12H,1-6H3. The summed E-state index contributed by atoms with van der Waals surface area (Å²) in [6.07, 6.45) is 0. The highest BCUT2D eigenvalue weighted by molar-refractivity contribution is 6.97. The van der Waals surface area contributed by atoms with Crippen LogP contribution in [-0.2, 0) is 14.1 Å². The summed E-state index contributed by atoms with van der Waals surface area (Å²) in [6.45, 7) is 10.9. The summed E-state index contributed by atoms with van der Waals surface area (Å²) < 4.78 is 10.0. The molecule has 0 saturated carbocycles. The zero-order valence-electron chi connectivity index (χ0n) is 11.0. The van der Waals surface area contributed by atoms with E-state index in [1.807, 2.05) is 20.8 Å². The third kappa shape index (κ3) is 7.51. The Morgan fingerprint density at radius 1 is 1.00 bits per heavy atom. The molecule has 0 fully saturated rings. The van der Waals surface area contributed by atoms with Gasteiger partial charge in [-0.2, -0.15) is 0 Å².